The van der Waals surface area contributed by atoms with E-state index < -0.39 is 0 Å². The number of anilines is 2. The van der Waals surface area contributed by atoms with Gasteiger partial charge in [0.1, 0.15) is 0 Å². The highest BCUT2D eigenvalue weighted by molar-refractivity contribution is 7.99. The molecule has 19 heavy (non-hydrogen) atoms. The van der Waals surface area contributed by atoms with Gasteiger partial charge in [0, 0.05) is 23.4 Å². The number of nitrogens with zero attached hydrogens (tertiary/aromatic N) is 1. The monoisotopic (exact) mass is 273 g/mol. The van der Waals surface area contributed by atoms with Gasteiger partial charge in [-0.1, -0.05) is 6.42 Å². The molecule has 4 heteroatoms. The first-order chi connectivity index (χ1) is 9.34. The van der Waals surface area contributed by atoms with Crippen molar-refractivity contribution in [3.8, 4) is 0 Å². The lowest BCUT2D eigenvalue weighted by Gasteiger charge is -2.22. The van der Waals surface area contributed by atoms with Crippen LogP contribution in [0.2, 0.25) is 0 Å². The molecule has 2 heterocycles. The van der Waals surface area contributed by atoms with Gasteiger partial charge in [-0.15, -0.1) is 0 Å². The van der Waals surface area contributed by atoms with E-state index in [1.165, 1.54) is 25.0 Å². The largest absolute Gasteiger partial charge is 0.397 e. The van der Waals surface area contributed by atoms with Gasteiger partial charge in [0.2, 0.25) is 0 Å². The lowest BCUT2D eigenvalue weighted by Crippen LogP contribution is -2.20. The summed E-state index contributed by atoms with van der Waals surface area (Å²) in [7, 11) is 0. The molecule has 1 aliphatic rings. The minimum atomic E-state index is 0.720. The number of benzene rings is 1. The van der Waals surface area contributed by atoms with Crippen molar-refractivity contribution in [3.63, 3.8) is 0 Å². The predicted molar refractivity (Wildman–Crippen MR) is 84.7 cm³/mol. The lowest BCUT2D eigenvalue weighted by molar-refractivity contribution is 0.678. The van der Waals surface area contributed by atoms with Gasteiger partial charge >= 0.3 is 0 Å². The van der Waals surface area contributed by atoms with Crippen molar-refractivity contribution < 1.29 is 0 Å². The van der Waals surface area contributed by atoms with Crippen LogP contribution < -0.4 is 11.1 Å². The summed E-state index contributed by atoms with van der Waals surface area (Å²) in [5.74, 6) is 1.30. The van der Waals surface area contributed by atoms with Crippen molar-refractivity contribution in [3.05, 3.63) is 30.5 Å². The Morgan fingerprint density at radius 1 is 1.32 bits per heavy atom. The number of rotatable bonds is 3. The first-order valence-corrected chi connectivity index (χ1v) is 7.88. The number of nitrogen functional groups attached to an aromatic ring is 1. The van der Waals surface area contributed by atoms with E-state index in [0.717, 1.165) is 34.1 Å². The molecule has 1 atom stereocenters. The fraction of sp³-hybridized carbons (Fsp3) is 0.400. The third-order valence-electron chi connectivity index (χ3n) is 3.62. The standard InChI is InChI=1S/C15H19N3S/c16-15-12-5-3-8-17-13(12)6-7-14(15)18-10-11-4-1-2-9-19-11/h3,5-8,11,18H,1-2,4,9-10,16H2. The SMILES string of the molecule is Nc1c(NCC2CCCCS2)ccc2ncccc12. The molecule has 2 aromatic rings. The molecule has 1 aromatic heterocycles. The van der Waals surface area contributed by atoms with Crippen LogP contribution in [0.25, 0.3) is 10.9 Å². The Morgan fingerprint density at radius 3 is 3.11 bits per heavy atom. The van der Waals surface area contributed by atoms with E-state index in [-0.39, 0.29) is 0 Å². The summed E-state index contributed by atoms with van der Waals surface area (Å²) in [6.45, 7) is 1.00. The number of nitrogens with one attached hydrogen (secondary N) is 1. The first-order valence-electron chi connectivity index (χ1n) is 6.83. The van der Waals surface area contributed by atoms with Crippen LogP contribution in [0.5, 0.6) is 0 Å². The fourth-order valence-electron chi connectivity index (χ4n) is 2.52. The number of hydrogen-bond donors (Lipinski definition) is 2. The molecule has 1 aliphatic heterocycles. The highest BCUT2D eigenvalue weighted by Gasteiger charge is 2.14. The Bertz CT molecular complexity index is 564. The third-order valence-corrected chi connectivity index (χ3v) is 5.02. The molecular weight excluding hydrogens is 254 g/mol. The number of fused-ring (bicyclic) bond motifs is 1. The maximum atomic E-state index is 6.23. The molecule has 1 saturated heterocycles. The molecule has 0 bridgehead atoms. The van der Waals surface area contributed by atoms with Crippen molar-refractivity contribution >= 4 is 34.0 Å². The van der Waals surface area contributed by atoms with Crippen LogP contribution >= 0.6 is 11.8 Å². The molecule has 3 rings (SSSR count). The molecule has 3 N–H and O–H groups in total. The van der Waals surface area contributed by atoms with Crippen molar-refractivity contribution in [1.82, 2.24) is 4.98 Å². The molecule has 0 saturated carbocycles. The Morgan fingerprint density at radius 2 is 2.26 bits per heavy atom. The van der Waals surface area contributed by atoms with Crippen molar-refractivity contribution in [2.45, 2.75) is 24.5 Å². The van der Waals surface area contributed by atoms with Gasteiger partial charge in [0.25, 0.3) is 0 Å². The summed E-state index contributed by atoms with van der Waals surface area (Å²) in [6.07, 6.45) is 5.83. The third kappa shape index (κ3) is 2.78. The minimum absolute atomic E-state index is 0.720. The highest BCUT2D eigenvalue weighted by atomic mass is 32.2. The van der Waals surface area contributed by atoms with Gasteiger partial charge in [-0.25, -0.2) is 0 Å². The topological polar surface area (TPSA) is 50.9 Å². The van der Waals surface area contributed by atoms with Crippen LogP contribution in [0.4, 0.5) is 11.4 Å². The molecule has 0 amide bonds. The van der Waals surface area contributed by atoms with Gasteiger partial charge < -0.3 is 11.1 Å². The maximum absolute atomic E-state index is 6.23. The molecule has 100 valence electrons. The molecule has 0 radical (unpaired) electrons. The molecule has 3 nitrogen and oxygen atoms in total. The second-order valence-corrected chi connectivity index (χ2v) is 6.37. The van der Waals surface area contributed by atoms with Crippen molar-refractivity contribution in [2.24, 2.45) is 0 Å². The van der Waals surface area contributed by atoms with E-state index in [2.05, 4.69) is 22.1 Å². The average molecular weight is 273 g/mol. The zero-order chi connectivity index (χ0) is 13.1. The number of thioether (sulfide) groups is 1. The number of hydrogen-bond acceptors (Lipinski definition) is 4. The molecule has 1 fully saturated rings. The maximum Gasteiger partial charge on any atom is 0.0724 e. The molecule has 1 unspecified atom stereocenters. The summed E-state index contributed by atoms with van der Waals surface area (Å²) in [5.41, 5.74) is 9.03. The Balaban J connectivity index is 1.75. The Kier molecular flexibility index (Phi) is 3.78. The summed E-state index contributed by atoms with van der Waals surface area (Å²) in [5, 5.41) is 5.25. The van der Waals surface area contributed by atoms with E-state index >= 15 is 0 Å². The molecule has 0 spiro atoms. The molecular formula is C15H19N3S. The van der Waals surface area contributed by atoms with E-state index in [4.69, 9.17) is 5.73 Å². The van der Waals surface area contributed by atoms with Gasteiger partial charge in [-0.05, 0) is 42.9 Å². The Labute approximate surface area is 118 Å². The van der Waals surface area contributed by atoms with Gasteiger partial charge in [-0.2, -0.15) is 11.8 Å². The van der Waals surface area contributed by atoms with Crippen LogP contribution in [-0.4, -0.2) is 22.5 Å². The lowest BCUT2D eigenvalue weighted by atomic mass is 10.1. The predicted octanol–water partition coefficient (Wildman–Crippen LogP) is 3.51. The highest BCUT2D eigenvalue weighted by Crippen LogP contribution is 2.29. The first kappa shape index (κ1) is 12.6. The van der Waals surface area contributed by atoms with E-state index in [9.17, 15) is 0 Å². The van der Waals surface area contributed by atoms with Crippen LogP contribution in [0.1, 0.15) is 19.3 Å². The van der Waals surface area contributed by atoms with E-state index in [0.29, 0.717) is 0 Å². The second kappa shape index (κ2) is 5.70. The summed E-state index contributed by atoms with van der Waals surface area (Å²) in [6, 6.07) is 8.03. The zero-order valence-corrected chi connectivity index (χ0v) is 11.7. The number of pyridine rings is 1. The van der Waals surface area contributed by atoms with Gasteiger partial charge in [0.05, 0.1) is 16.9 Å². The van der Waals surface area contributed by atoms with Crippen LogP contribution in [0, 0.1) is 0 Å². The summed E-state index contributed by atoms with van der Waals surface area (Å²) in [4.78, 5) is 4.32. The molecule has 1 aromatic carbocycles. The van der Waals surface area contributed by atoms with E-state index in [1.54, 1.807) is 6.20 Å². The van der Waals surface area contributed by atoms with Crippen LogP contribution in [0.15, 0.2) is 30.5 Å². The molecule has 0 aliphatic carbocycles. The summed E-state index contributed by atoms with van der Waals surface area (Å²) >= 11 is 2.08. The minimum Gasteiger partial charge on any atom is -0.397 e. The average Bonchev–Trinajstić information content (AvgIpc) is 2.48. The van der Waals surface area contributed by atoms with Crippen LogP contribution in [0.3, 0.4) is 0 Å². The Hall–Kier alpha value is -1.42. The van der Waals surface area contributed by atoms with Crippen molar-refractivity contribution in [1.29, 1.82) is 0 Å². The quantitative estimate of drug-likeness (QED) is 0.840. The normalized spacial score (nSPS) is 19.5. The van der Waals surface area contributed by atoms with Gasteiger partial charge in [-0.3, -0.25) is 4.98 Å². The van der Waals surface area contributed by atoms with Crippen molar-refractivity contribution in [2.75, 3.05) is 23.3 Å². The zero-order valence-electron chi connectivity index (χ0n) is 10.9. The smallest absolute Gasteiger partial charge is 0.0724 e. The van der Waals surface area contributed by atoms with Gasteiger partial charge in [0.15, 0.2) is 0 Å². The number of nitrogens with two attached hydrogens (primary N) is 1. The van der Waals surface area contributed by atoms with E-state index in [1.807, 2.05) is 24.3 Å². The second-order valence-electron chi connectivity index (χ2n) is 4.97. The van der Waals surface area contributed by atoms with Crippen LogP contribution in [-0.2, 0) is 0 Å². The summed E-state index contributed by atoms with van der Waals surface area (Å²) < 4.78 is 0. The fourth-order valence-corrected chi connectivity index (χ4v) is 3.76. The number of aromatic nitrogens is 1.